The van der Waals surface area contributed by atoms with E-state index in [1.54, 1.807) is 4.42 Å². The van der Waals surface area contributed by atoms with Gasteiger partial charge in [-0.05, 0) is 42.8 Å². The molecule has 0 saturated carbocycles. The molecular weight excluding hydrogens is 214 g/mol. The van der Waals surface area contributed by atoms with Crippen molar-refractivity contribution in [2.24, 2.45) is 0 Å². The van der Waals surface area contributed by atoms with Gasteiger partial charge < -0.3 is 9.47 Å². The third kappa shape index (κ3) is 2.36. The van der Waals surface area contributed by atoms with E-state index in [1.165, 1.54) is 5.56 Å². The van der Waals surface area contributed by atoms with Crippen LogP contribution in [-0.4, -0.2) is 24.3 Å². The number of likely N-dealkylation sites (N-methyl/N-ethyl adjacent to an activating group) is 1. The zero-order valence-electron chi connectivity index (χ0n) is 8.87. The molecule has 0 saturated heterocycles. The number of halogens is 1. The molecular formula is C11H14ClNO2. The fourth-order valence-corrected chi connectivity index (χ4v) is 1.60. The van der Waals surface area contributed by atoms with Crippen molar-refractivity contribution in [2.45, 2.75) is 19.4 Å². The Bertz CT molecular complexity index is 354. The molecule has 1 aromatic rings. The lowest BCUT2D eigenvalue weighted by Crippen LogP contribution is -2.21. The fourth-order valence-electron chi connectivity index (χ4n) is 1.53. The van der Waals surface area contributed by atoms with Crippen molar-refractivity contribution in [1.29, 1.82) is 0 Å². The average molecular weight is 228 g/mol. The maximum Gasteiger partial charge on any atom is 0.231 e. The molecule has 1 aromatic carbocycles. The first kappa shape index (κ1) is 10.6. The maximum atomic E-state index is 5.87. The van der Waals surface area contributed by atoms with E-state index in [4.69, 9.17) is 21.3 Å². The van der Waals surface area contributed by atoms with Gasteiger partial charge in [-0.3, -0.25) is 0 Å². The highest BCUT2D eigenvalue weighted by atomic mass is 35.5. The lowest BCUT2D eigenvalue weighted by atomic mass is 10.1. The van der Waals surface area contributed by atoms with Crippen LogP contribution in [0.3, 0.4) is 0 Å². The number of hydrogen-bond acceptors (Lipinski definition) is 3. The van der Waals surface area contributed by atoms with Crippen LogP contribution < -0.4 is 9.47 Å². The van der Waals surface area contributed by atoms with Crippen molar-refractivity contribution >= 4 is 11.8 Å². The van der Waals surface area contributed by atoms with E-state index in [-0.39, 0.29) is 0 Å². The summed E-state index contributed by atoms with van der Waals surface area (Å²) in [7, 11) is 1.86. The Balaban J connectivity index is 2.10. The summed E-state index contributed by atoms with van der Waals surface area (Å²) in [4.78, 5) is 0. The van der Waals surface area contributed by atoms with E-state index in [1.807, 2.05) is 25.2 Å². The lowest BCUT2D eigenvalue weighted by molar-refractivity contribution is 0.174. The quantitative estimate of drug-likeness (QED) is 0.741. The third-order valence-electron chi connectivity index (χ3n) is 2.58. The first-order chi connectivity index (χ1) is 7.16. The number of benzene rings is 1. The zero-order valence-corrected chi connectivity index (χ0v) is 9.62. The highest BCUT2D eigenvalue weighted by Crippen LogP contribution is 2.32. The monoisotopic (exact) mass is 227 g/mol. The number of ether oxygens (including phenoxy) is 2. The Kier molecular flexibility index (Phi) is 3.03. The van der Waals surface area contributed by atoms with Gasteiger partial charge in [-0.15, -0.1) is 0 Å². The Morgan fingerprint density at radius 1 is 1.40 bits per heavy atom. The Labute approximate surface area is 94.7 Å². The Morgan fingerprint density at radius 3 is 2.87 bits per heavy atom. The first-order valence-corrected chi connectivity index (χ1v) is 5.28. The smallest absolute Gasteiger partial charge is 0.231 e. The summed E-state index contributed by atoms with van der Waals surface area (Å²) in [6.07, 6.45) is 0.899. The SMILES string of the molecule is C[C@H](Cc1ccc2c(c1)OCO2)N(C)Cl. The molecule has 0 radical (unpaired) electrons. The number of fused-ring (bicyclic) bond motifs is 1. The van der Waals surface area contributed by atoms with Gasteiger partial charge in [0.1, 0.15) is 0 Å². The second-order valence-corrected chi connectivity index (χ2v) is 4.30. The van der Waals surface area contributed by atoms with Crippen molar-refractivity contribution < 1.29 is 9.47 Å². The van der Waals surface area contributed by atoms with Crippen LogP contribution in [0.25, 0.3) is 0 Å². The van der Waals surface area contributed by atoms with Crippen LogP contribution in [0.15, 0.2) is 18.2 Å². The van der Waals surface area contributed by atoms with Gasteiger partial charge in [0.2, 0.25) is 6.79 Å². The maximum absolute atomic E-state index is 5.87. The number of rotatable bonds is 3. The second kappa shape index (κ2) is 4.29. The van der Waals surface area contributed by atoms with Crippen molar-refractivity contribution in [1.82, 2.24) is 4.42 Å². The Hall–Kier alpha value is -0.930. The van der Waals surface area contributed by atoms with Crippen LogP contribution in [-0.2, 0) is 6.42 Å². The third-order valence-corrected chi connectivity index (χ3v) is 2.91. The van der Waals surface area contributed by atoms with Gasteiger partial charge in [0, 0.05) is 13.1 Å². The highest BCUT2D eigenvalue weighted by Gasteiger charge is 2.14. The lowest BCUT2D eigenvalue weighted by Gasteiger charge is -2.16. The standard InChI is InChI=1S/C11H14ClNO2/c1-8(13(2)12)5-9-3-4-10-11(6-9)15-7-14-10/h3-4,6,8H,5,7H2,1-2H3/t8-/m1/s1. The molecule has 0 fully saturated rings. The second-order valence-electron chi connectivity index (χ2n) is 3.77. The molecule has 0 unspecified atom stereocenters. The van der Waals surface area contributed by atoms with E-state index >= 15 is 0 Å². The Morgan fingerprint density at radius 2 is 2.13 bits per heavy atom. The van der Waals surface area contributed by atoms with Gasteiger partial charge in [-0.25, -0.2) is 4.42 Å². The van der Waals surface area contributed by atoms with Gasteiger partial charge in [0.05, 0.1) is 0 Å². The summed E-state index contributed by atoms with van der Waals surface area (Å²) < 4.78 is 12.2. The molecule has 1 aliphatic heterocycles. The summed E-state index contributed by atoms with van der Waals surface area (Å²) in [6.45, 7) is 2.40. The molecule has 15 heavy (non-hydrogen) atoms. The van der Waals surface area contributed by atoms with Crippen LogP contribution in [0, 0.1) is 0 Å². The van der Waals surface area contributed by atoms with Crippen molar-refractivity contribution in [2.75, 3.05) is 13.8 Å². The van der Waals surface area contributed by atoms with Crippen LogP contribution in [0.2, 0.25) is 0 Å². The van der Waals surface area contributed by atoms with E-state index in [2.05, 4.69) is 6.92 Å². The van der Waals surface area contributed by atoms with Crippen molar-refractivity contribution in [3.05, 3.63) is 23.8 Å². The minimum atomic E-state index is 0.298. The molecule has 0 aliphatic carbocycles. The molecule has 0 spiro atoms. The average Bonchev–Trinajstić information content (AvgIpc) is 2.64. The molecule has 0 amide bonds. The predicted octanol–water partition coefficient (Wildman–Crippen LogP) is 2.43. The summed E-state index contributed by atoms with van der Waals surface area (Å²) in [6, 6.07) is 6.30. The van der Waals surface area contributed by atoms with E-state index in [0.717, 1.165) is 17.9 Å². The van der Waals surface area contributed by atoms with Crippen LogP contribution in [0.4, 0.5) is 0 Å². The van der Waals surface area contributed by atoms with Gasteiger partial charge in [0.25, 0.3) is 0 Å². The minimum Gasteiger partial charge on any atom is -0.454 e. The van der Waals surface area contributed by atoms with Crippen LogP contribution >= 0.6 is 11.8 Å². The van der Waals surface area contributed by atoms with E-state index in [0.29, 0.717) is 12.8 Å². The molecule has 82 valence electrons. The summed E-state index contributed by atoms with van der Waals surface area (Å²) in [5.41, 5.74) is 1.21. The summed E-state index contributed by atoms with van der Waals surface area (Å²) >= 11 is 5.87. The summed E-state index contributed by atoms with van der Waals surface area (Å²) in [5, 5.41) is 0. The van der Waals surface area contributed by atoms with Crippen LogP contribution in [0.5, 0.6) is 11.5 Å². The van der Waals surface area contributed by atoms with Crippen molar-refractivity contribution in [3.8, 4) is 11.5 Å². The van der Waals surface area contributed by atoms with Gasteiger partial charge >= 0.3 is 0 Å². The predicted molar refractivity (Wildman–Crippen MR) is 59.3 cm³/mol. The molecule has 2 rings (SSSR count). The zero-order chi connectivity index (χ0) is 10.8. The molecule has 1 atom stereocenters. The molecule has 4 heteroatoms. The van der Waals surface area contributed by atoms with Gasteiger partial charge in [-0.1, -0.05) is 6.07 Å². The molecule has 0 bridgehead atoms. The number of nitrogens with zero attached hydrogens (tertiary/aromatic N) is 1. The van der Waals surface area contributed by atoms with Crippen LogP contribution in [0.1, 0.15) is 12.5 Å². The van der Waals surface area contributed by atoms with E-state index in [9.17, 15) is 0 Å². The topological polar surface area (TPSA) is 21.7 Å². The molecule has 0 aromatic heterocycles. The normalized spacial score (nSPS) is 15.7. The van der Waals surface area contributed by atoms with E-state index < -0.39 is 0 Å². The van der Waals surface area contributed by atoms with Gasteiger partial charge in [0.15, 0.2) is 11.5 Å². The largest absolute Gasteiger partial charge is 0.454 e. The van der Waals surface area contributed by atoms with Gasteiger partial charge in [-0.2, -0.15) is 0 Å². The molecule has 1 heterocycles. The molecule has 3 nitrogen and oxygen atoms in total. The highest BCUT2D eigenvalue weighted by molar-refractivity contribution is 6.13. The van der Waals surface area contributed by atoms with Crippen molar-refractivity contribution in [3.63, 3.8) is 0 Å². The molecule has 0 N–H and O–H groups in total. The molecule has 1 aliphatic rings. The number of hydrogen-bond donors (Lipinski definition) is 0. The summed E-state index contributed by atoms with van der Waals surface area (Å²) in [5.74, 6) is 1.66. The fraction of sp³-hybridized carbons (Fsp3) is 0.455. The minimum absolute atomic E-state index is 0.298. The first-order valence-electron chi connectivity index (χ1n) is 4.94.